The van der Waals surface area contributed by atoms with E-state index in [0.29, 0.717) is 17.0 Å². The zero-order chi connectivity index (χ0) is 22.8. The van der Waals surface area contributed by atoms with Gasteiger partial charge < -0.3 is 10.1 Å². The molecule has 0 bridgehead atoms. The number of rotatable bonds is 6. The van der Waals surface area contributed by atoms with E-state index in [-0.39, 0.29) is 16.9 Å². The highest BCUT2D eigenvalue weighted by atomic mass is 32.1. The van der Waals surface area contributed by atoms with Gasteiger partial charge in [0.15, 0.2) is 5.11 Å². The smallest absolute Gasteiger partial charge is 0.269 e. The zero-order valence-corrected chi connectivity index (χ0v) is 18.2. The fourth-order valence-electron chi connectivity index (χ4n) is 2.33. The standard InChI is InChI=1S/C22H24N4O4S/c1-14(2)20(28)23-17-11-8-16(9-12-17)21(29)25-26-22(31)24-19(27)13-10-15-6-4-5-7-18(15)30-3/h4-14H,1-3H3,(H,23,28)(H,25,29)(H2,24,26,27,31). The van der Waals surface area contributed by atoms with E-state index in [2.05, 4.69) is 21.5 Å². The lowest BCUT2D eigenvalue weighted by Crippen LogP contribution is -2.48. The number of carbonyl (C=O) groups is 3. The van der Waals surface area contributed by atoms with E-state index in [0.717, 1.165) is 5.56 Å². The van der Waals surface area contributed by atoms with Gasteiger partial charge >= 0.3 is 0 Å². The van der Waals surface area contributed by atoms with Gasteiger partial charge in [0.25, 0.3) is 5.91 Å². The number of benzene rings is 2. The number of thiocarbonyl (C=S) groups is 1. The number of amides is 3. The lowest BCUT2D eigenvalue weighted by molar-refractivity contribution is -0.119. The molecular formula is C22H24N4O4S. The highest BCUT2D eigenvalue weighted by Crippen LogP contribution is 2.18. The predicted octanol–water partition coefficient (Wildman–Crippen LogP) is 2.64. The Labute approximate surface area is 186 Å². The Morgan fingerprint density at radius 3 is 2.32 bits per heavy atom. The average Bonchev–Trinajstić information content (AvgIpc) is 2.76. The van der Waals surface area contributed by atoms with Crippen LogP contribution in [0.2, 0.25) is 0 Å². The molecule has 9 heteroatoms. The number of carbonyl (C=O) groups excluding carboxylic acids is 3. The van der Waals surface area contributed by atoms with Gasteiger partial charge in [0, 0.05) is 28.8 Å². The first-order valence-electron chi connectivity index (χ1n) is 9.43. The third-order valence-electron chi connectivity index (χ3n) is 4.02. The summed E-state index contributed by atoms with van der Waals surface area (Å²) in [5, 5.41) is 5.10. The van der Waals surface area contributed by atoms with Crippen molar-refractivity contribution in [3.63, 3.8) is 0 Å². The predicted molar refractivity (Wildman–Crippen MR) is 123 cm³/mol. The topological polar surface area (TPSA) is 109 Å². The van der Waals surface area contributed by atoms with Crippen molar-refractivity contribution in [2.24, 2.45) is 5.92 Å². The van der Waals surface area contributed by atoms with Crippen LogP contribution >= 0.6 is 12.2 Å². The summed E-state index contributed by atoms with van der Waals surface area (Å²) in [6, 6.07) is 13.6. The number of methoxy groups -OCH3 is 1. The molecule has 0 fully saturated rings. The van der Waals surface area contributed by atoms with Crippen LogP contribution < -0.4 is 26.2 Å². The van der Waals surface area contributed by atoms with Crippen LogP contribution in [0.15, 0.2) is 54.6 Å². The van der Waals surface area contributed by atoms with E-state index in [1.165, 1.54) is 6.08 Å². The largest absolute Gasteiger partial charge is 0.496 e. The second-order valence-electron chi connectivity index (χ2n) is 6.69. The molecular weight excluding hydrogens is 416 g/mol. The fraction of sp³-hybridized carbons (Fsp3) is 0.182. The molecule has 0 aliphatic rings. The molecule has 2 aromatic rings. The maximum Gasteiger partial charge on any atom is 0.269 e. The van der Waals surface area contributed by atoms with Crippen LogP contribution in [0.3, 0.4) is 0 Å². The summed E-state index contributed by atoms with van der Waals surface area (Å²) in [4.78, 5) is 35.9. The van der Waals surface area contributed by atoms with Gasteiger partial charge in [-0.25, -0.2) is 0 Å². The fourth-order valence-corrected chi connectivity index (χ4v) is 2.48. The second-order valence-corrected chi connectivity index (χ2v) is 7.10. The molecule has 162 valence electrons. The number of ether oxygens (including phenoxy) is 1. The number of hydrogen-bond donors (Lipinski definition) is 4. The lowest BCUT2D eigenvalue weighted by atomic mass is 10.1. The molecule has 2 aromatic carbocycles. The number of anilines is 1. The summed E-state index contributed by atoms with van der Waals surface area (Å²) in [6.07, 6.45) is 2.90. The molecule has 8 nitrogen and oxygen atoms in total. The molecule has 0 aromatic heterocycles. The molecule has 0 saturated carbocycles. The Hall–Kier alpha value is -3.72. The summed E-state index contributed by atoms with van der Waals surface area (Å²) in [5.74, 6) is -0.548. The summed E-state index contributed by atoms with van der Waals surface area (Å²) in [7, 11) is 1.55. The Balaban J connectivity index is 1.82. The highest BCUT2D eigenvalue weighted by molar-refractivity contribution is 7.80. The first-order valence-corrected chi connectivity index (χ1v) is 9.84. The molecule has 4 N–H and O–H groups in total. The second kappa shape index (κ2) is 11.5. The van der Waals surface area contributed by atoms with E-state index in [1.54, 1.807) is 63.4 Å². The SMILES string of the molecule is COc1ccccc1C=CC(=O)NC(=S)NNC(=O)c1ccc(NC(=O)C(C)C)cc1. The first kappa shape index (κ1) is 23.6. The summed E-state index contributed by atoms with van der Waals surface area (Å²) < 4.78 is 5.21. The lowest BCUT2D eigenvalue weighted by Gasteiger charge is -2.11. The van der Waals surface area contributed by atoms with Crippen molar-refractivity contribution in [1.29, 1.82) is 0 Å². The van der Waals surface area contributed by atoms with Gasteiger partial charge in [0.05, 0.1) is 7.11 Å². The summed E-state index contributed by atoms with van der Waals surface area (Å²) in [5.41, 5.74) is 6.54. The zero-order valence-electron chi connectivity index (χ0n) is 17.4. The number of nitrogens with one attached hydrogen (secondary N) is 4. The Bertz CT molecular complexity index is 987. The van der Waals surface area contributed by atoms with Gasteiger partial charge in [0.1, 0.15) is 5.75 Å². The van der Waals surface area contributed by atoms with Gasteiger partial charge in [-0.3, -0.25) is 30.6 Å². The number of hydrazine groups is 1. The van der Waals surface area contributed by atoms with Gasteiger partial charge in [-0.15, -0.1) is 0 Å². The highest BCUT2D eigenvalue weighted by Gasteiger charge is 2.09. The minimum Gasteiger partial charge on any atom is -0.496 e. The van der Waals surface area contributed by atoms with Gasteiger partial charge in [-0.05, 0) is 48.6 Å². The Morgan fingerprint density at radius 1 is 1.00 bits per heavy atom. The molecule has 0 aliphatic heterocycles. The van der Waals surface area contributed by atoms with Gasteiger partial charge in [0.2, 0.25) is 11.8 Å². The van der Waals surface area contributed by atoms with Crippen LogP contribution in [0, 0.1) is 5.92 Å². The summed E-state index contributed by atoms with van der Waals surface area (Å²) >= 11 is 5.01. The van der Waals surface area contributed by atoms with Crippen LogP contribution in [0.1, 0.15) is 29.8 Å². The minimum atomic E-state index is -0.470. The molecule has 3 amide bonds. The minimum absolute atomic E-state index is 0.0659. The van der Waals surface area contributed by atoms with Crippen molar-refractivity contribution >= 4 is 46.8 Å². The van der Waals surface area contributed by atoms with E-state index in [9.17, 15) is 14.4 Å². The van der Waals surface area contributed by atoms with Crippen LogP contribution in [-0.2, 0) is 9.59 Å². The Kier molecular flexibility index (Phi) is 8.71. The molecule has 0 atom stereocenters. The van der Waals surface area contributed by atoms with Crippen LogP contribution in [0.4, 0.5) is 5.69 Å². The van der Waals surface area contributed by atoms with Crippen LogP contribution in [0.5, 0.6) is 5.75 Å². The van der Waals surface area contributed by atoms with E-state index >= 15 is 0 Å². The molecule has 0 radical (unpaired) electrons. The third-order valence-corrected chi connectivity index (χ3v) is 4.22. The van der Waals surface area contributed by atoms with Crippen LogP contribution in [-0.4, -0.2) is 29.9 Å². The van der Waals surface area contributed by atoms with Gasteiger partial charge in [-0.1, -0.05) is 32.0 Å². The van der Waals surface area contributed by atoms with Gasteiger partial charge in [-0.2, -0.15) is 0 Å². The Morgan fingerprint density at radius 2 is 1.68 bits per heavy atom. The molecule has 2 rings (SSSR count). The van der Waals surface area contributed by atoms with E-state index in [4.69, 9.17) is 17.0 Å². The quantitative estimate of drug-likeness (QED) is 0.312. The molecule has 0 spiro atoms. The average molecular weight is 441 g/mol. The monoisotopic (exact) mass is 440 g/mol. The first-order chi connectivity index (χ1) is 14.8. The van der Waals surface area contributed by atoms with Crippen LogP contribution in [0.25, 0.3) is 6.08 Å². The molecule has 0 aliphatic carbocycles. The number of para-hydroxylation sites is 1. The van der Waals surface area contributed by atoms with Crippen molar-refractivity contribution in [2.45, 2.75) is 13.8 Å². The van der Waals surface area contributed by atoms with E-state index in [1.807, 2.05) is 12.1 Å². The molecule has 0 unspecified atom stereocenters. The maximum atomic E-state index is 12.2. The molecule has 0 saturated heterocycles. The van der Waals surface area contributed by atoms with Crippen molar-refractivity contribution in [3.05, 3.63) is 65.7 Å². The van der Waals surface area contributed by atoms with Crippen molar-refractivity contribution < 1.29 is 19.1 Å². The molecule has 31 heavy (non-hydrogen) atoms. The summed E-state index contributed by atoms with van der Waals surface area (Å²) in [6.45, 7) is 3.58. The normalized spacial score (nSPS) is 10.5. The maximum absolute atomic E-state index is 12.2. The third kappa shape index (κ3) is 7.56. The van der Waals surface area contributed by atoms with Crippen molar-refractivity contribution in [3.8, 4) is 5.75 Å². The molecule has 0 heterocycles. The number of hydrogen-bond acceptors (Lipinski definition) is 5. The van der Waals surface area contributed by atoms with Crippen molar-refractivity contribution in [1.82, 2.24) is 16.2 Å². The van der Waals surface area contributed by atoms with E-state index < -0.39 is 11.8 Å². The van der Waals surface area contributed by atoms with Crippen molar-refractivity contribution in [2.75, 3.05) is 12.4 Å².